The van der Waals surface area contributed by atoms with Gasteiger partial charge in [0.25, 0.3) is 5.91 Å². The summed E-state index contributed by atoms with van der Waals surface area (Å²) in [5, 5.41) is 2.89. The zero-order valence-electron chi connectivity index (χ0n) is 14.0. The minimum Gasteiger partial charge on any atom is -0.497 e. The zero-order valence-corrected chi connectivity index (χ0v) is 14.0. The van der Waals surface area contributed by atoms with E-state index >= 15 is 0 Å². The van der Waals surface area contributed by atoms with Gasteiger partial charge < -0.3 is 10.1 Å². The number of amides is 1. The minimum atomic E-state index is -0.124. The van der Waals surface area contributed by atoms with Gasteiger partial charge in [-0.2, -0.15) is 0 Å². The van der Waals surface area contributed by atoms with Gasteiger partial charge in [-0.15, -0.1) is 0 Å². The molecule has 5 nitrogen and oxygen atoms in total. The van der Waals surface area contributed by atoms with Crippen LogP contribution < -0.4 is 10.1 Å². The summed E-state index contributed by atoms with van der Waals surface area (Å²) in [6.07, 6.45) is 4.27. The lowest BCUT2D eigenvalue weighted by Gasteiger charge is -2.07. The number of carbonyl (C=O) groups excluding carboxylic acids is 1. The molecule has 0 saturated carbocycles. The highest BCUT2D eigenvalue weighted by atomic mass is 16.5. The second kappa shape index (κ2) is 8.06. The summed E-state index contributed by atoms with van der Waals surface area (Å²) in [5.41, 5.74) is 2.54. The van der Waals surface area contributed by atoms with Crippen LogP contribution in [0, 0.1) is 0 Å². The number of aromatic nitrogens is 2. The Morgan fingerprint density at radius 1 is 1.04 bits per heavy atom. The Bertz CT molecular complexity index is 833. The van der Waals surface area contributed by atoms with Crippen LogP contribution in [-0.4, -0.2) is 29.5 Å². The second-order valence-corrected chi connectivity index (χ2v) is 5.52. The maximum Gasteiger partial charge on any atom is 0.251 e. The van der Waals surface area contributed by atoms with Gasteiger partial charge in [-0.05, 0) is 30.2 Å². The van der Waals surface area contributed by atoms with Gasteiger partial charge in [-0.1, -0.05) is 36.4 Å². The van der Waals surface area contributed by atoms with Crippen LogP contribution >= 0.6 is 0 Å². The van der Waals surface area contributed by atoms with Gasteiger partial charge in [0, 0.05) is 30.1 Å². The normalized spacial score (nSPS) is 10.3. The SMILES string of the molecule is COc1cccc(C(=O)NCCc2cnc(-c3ccccc3)nc2)c1. The van der Waals surface area contributed by atoms with Crippen molar-refractivity contribution in [3.63, 3.8) is 0 Å². The number of nitrogens with zero attached hydrogens (tertiary/aromatic N) is 2. The second-order valence-electron chi connectivity index (χ2n) is 5.52. The van der Waals surface area contributed by atoms with Crippen molar-refractivity contribution in [2.45, 2.75) is 6.42 Å². The van der Waals surface area contributed by atoms with Gasteiger partial charge in [0.2, 0.25) is 0 Å². The third-order valence-electron chi connectivity index (χ3n) is 3.77. The molecule has 25 heavy (non-hydrogen) atoms. The van der Waals surface area contributed by atoms with E-state index in [0.29, 0.717) is 30.1 Å². The summed E-state index contributed by atoms with van der Waals surface area (Å²) in [6.45, 7) is 0.518. The molecule has 0 bridgehead atoms. The monoisotopic (exact) mass is 333 g/mol. The first-order valence-corrected chi connectivity index (χ1v) is 8.05. The molecule has 3 aromatic rings. The van der Waals surface area contributed by atoms with Gasteiger partial charge in [0.15, 0.2) is 5.82 Å². The van der Waals surface area contributed by atoms with Crippen LogP contribution in [0.4, 0.5) is 0 Å². The van der Waals surface area contributed by atoms with E-state index in [2.05, 4.69) is 15.3 Å². The molecule has 0 radical (unpaired) electrons. The lowest BCUT2D eigenvalue weighted by atomic mass is 10.2. The minimum absolute atomic E-state index is 0.124. The van der Waals surface area contributed by atoms with Crippen molar-refractivity contribution in [1.82, 2.24) is 15.3 Å². The van der Waals surface area contributed by atoms with Gasteiger partial charge in [-0.3, -0.25) is 4.79 Å². The fraction of sp³-hybridized carbons (Fsp3) is 0.150. The van der Waals surface area contributed by atoms with Crippen LogP contribution in [0.1, 0.15) is 15.9 Å². The highest BCUT2D eigenvalue weighted by molar-refractivity contribution is 5.94. The Morgan fingerprint density at radius 3 is 2.52 bits per heavy atom. The molecule has 126 valence electrons. The van der Waals surface area contributed by atoms with E-state index < -0.39 is 0 Å². The first-order valence-electron chi connectivity index (χ1n) is 8.05. The van der Waals surface area contributed by atoms with Crippen LogP contribution in [0.25, 0.3) is 11.4 Å². The van der Waals surface area contributed by atoms with Crippen LogP contribution in [0.5, 0.6) is 5.75 Å². The molecule has 1 amide bonds. The average Bonchev–Trinajstić information content (AvgIpc) is 2.69. The summed E-state index contributed by atoms with van der Waals surface area (Å²) in [7, 11) is 1.58. The Labute approximate surface area is 146 Å². The molecule has 0 unspecified atom stereocenters. The molecule has 3 rings (SSSR count). The van der Waals surface area contributed by atoms with Gasteiger partial charge >= 0.3 is 0 Å². The molecule has 5 heteroatoms. The first kappa shape index (κ1) is 16.6. The van der Waals surface area contributed by atoms with Crippen LogP contribution in [0.2, 0.25) is 0 Å². The quantitative estimate of drug-likeness (QED) is 0.753. The van der Waals surface area contributed by atoms with Crippen molar-refractivity contribution in [2.75, 3.05) is 13.7 Å². The van der Waals surface area contributed by atoms with E-state index in [-0.39, 0.29) is 5.91 Å². The van der Waals surface area contributed by atoms with Gasteiger partial charge in [0.05, 0.1) is 7.11 Å². The molecule has 1 N–H and O–H groups in total. The number of nitrogens with one attached hydrogen (secondary N) is 1. The molecule has 1 heterocycles. The van der Waals surface area contributed by atoms with Crippen LogP contribution in [0.3, 0.4) is 0 Å². The number of rotatable bonds is 6. The van der Waals surface area contributed by atoms with E-state index in [1.807, 2.05) is 36.4 Å². The molecule has 2 aromatic carbocycles. The van der Waals surface area contributed by atoms with Crippen molar-refractivity contribution in [3.05, 3.63) is 78.1 Å². The molecular formula is C20H19N3O2. The first-order chi connectivity index (χ1) is 12.3. The molecule has 0 aliphatic carbocycles. The average molecular weight is 333 g/mol. The molecule has 0 aliphatic rings. The number of methoxy groups -OCH3 is 1. The van der Waals surface area contributed by atoms with E-state index in [1.54, 1.807) is 37.7 Å². The molecule has 0 aliphatic heterocycles. The fourth-order valence-electron chi connectivity index (χ4n) is 2.41. The topological polar surface area (TPSA) is 64.1 Å². The maximum absolute atomic E-state index is 12.1. The number of hydrogen-bond acceptors (Lipinski definition) is 4. The van der Waals surface area contributed by atoms with Crippen LogP contribution in [-0.2, 0) is 6.42 Å². The van der Waals surface area contributed by atoms with Gasteiger partial charge in [0.1, 0.15) is 5.75 Å². The molecule has 1 aromatic heterocycles. The highest BCUT2D eigenvalue weighted by Gasteiger charge is 2.06. The van der Waals surface area contributed by atoms with E-state index in [4.69, 9.17) is 4.74 Å². The Morgan fingerprint density at radius 2 is 1.80 bits per heavy atom. The predicted molar refractivity (Wildman–Crippen MR) is 96.5 cm³/mol. The molecule has 0 spiro atoms. The lowest BCUT2D eigenvalue weighted by Crippen LogP contribution is -2.25. The van der Waals surface area contributed by atoms with Crippen molar-refractivity contribution >= 4 is 5.91 Å². The summed E-state index contributed by atoms with van der Waals surface area (Å²) < 4.78 is 5.13. The standard InChI is InChI=1S/C20H19N3O2/c1-25-18-9-5-8-17(12-18)20(24)21-11-10-15-13-22-19(23-14-15)16-6-3-2-4-7-16/h2-9,12-14H,10-11H2,1H3,(H,21,24). The summed E-state index contributed by atoms with van der Waals surface area (Å²) in [4.78, 5) is 20.9. The zero-order chi connectivity index (χ0) is 17.5. The Kier molecular flexibility index (Phi) is 5.36. The summed E-state index contributed by atoms with van der Waals surface area (Å²) >= 11 is 0. The lowest BCUT2D eigenvalue weighted by molar-refractivity contribution is 0.0954. The highest BCUT2D eigenvalue weighted by Crippen LogP contribution is 2.14. The van der Waals surface area contributed by atoms with Crippen molar-refractivity contribution in [1.29, 1.82) is 0 Å². The summed E-state index contributed by atoms with van der Waals surface area (Å²) in [5.74, 6) is 1.24. The van der Waals surface area contributed by atoms with Crippen molar-refractivity contribution in [3.8, 4) is 17.1 Å². The van der Waals surface area contributed by atoms with Crippen molar-refractivity contribution < 1.29 is 9.53 Å². The number of carbonyl (C=O) groups is 1. The van der Waals surface area contributed by atoms with E-state index in [0.717, 1.165) is 11.1 Å². The molecular weight excluding hydrogens is 314 g/mol. The van der Waals surface area contributed by atoms with Crippen LogP contribution in [0.15, 0.2) is 67.0 Å². The molecule has 0 atom stereocenters. The fourth-order valence-corrected chi connectivity index (χ4v) is 2.41. The molecule has 0 fully saturated rings. The maximum atomic E-state index is 12.1. The third kappa shape index (κ3) is 4.41. The van der Waals surface area contributed by atoms with E-state index in [1.165, 1.54) is 0 Å². The third-order valence-corrected chi connectivity index (χ3v) is 3.77. The number of benzene rings is 2. The smallest absolute Gasteiger partial charge is 0.251 e. The largest absolute Gasteiger partial charge is 0.497 e. The number of hydrogen-bond donors (Lipinski definition) is 1. The Balaban J connectivity index is 1.54. The predicted octanol–water partition coefficient (Wildman–Crippen LogP) is 3.12. The Hall–Kier alpha value is -3.21. The summed E-state index contributed by atoms with van der Waals surface area (Å²) in [6, 6.07) is 16.9. The molecule has 0 saturated heterocycles. The van der Waals surface area contributed by atoms with E-state index in [9.17, 15) is 4.79 Å². The van der Waals surface area contributed by atoms with Gasteiger partial charge in [-0.25, -0.2) is 9.97 Å². The number of ether oxygens (including phenoxy) is 1. The van der Waals surface area contributed by atoms with Crippen molar-refractivity contribution in [2.24, 2.45) is 0 Å².